The summed E-state index contributed by atoms with van der Waals surface area (Å²) in [5.74, 6) is -0.0137. The number of amides is 2. The second-order valence-electron chi connectivity index (χ2n) is 6.72. The fourth-order valence-electron chi connectivity index (χ4n) is 3.56. The smallest absolute Gasteiger partial charge is 0.245 e. The lowest BCUT2D eigenvalue weighted by atomic mass is 10.00. The third kappa shape index (κ3) is 4.14. The number of halogens is 1. The fraction of sp³-hybridized carbons (Fsp3) is 0.556. The molecule has 1 aromatic carbocycles. The molecule has 1 aromatic rings. The fourth-order valence-corrected chi connectivity index (χ4v) is 3.75. The van der Waals surface area contributed by atoms with Crippen molar-refractivity contribution in [2.45, 2.75) is 37.9 Å². The van der Waals surface area contributed by atoms with Crippen molar-refractivity contribution in [3.8, 4) is 0 Å². The molecule has 2 saturated heterocycles. The first-order valence-electron chi connectivity index (χ1n) is 8.87. The molecule has 2 heterocycles. The Morgan fingerprint density at radius 1 is 1.20 bits per heavy atom. The summed E-state index contributed by atoms with van der Waals surface area (Å²) >= 11 is 6.23. The van der Waals surface area contributed by atoms with Crippen LogP contribution in [0.5, 0.6) is 0 Å². The van der Waals surface area contributed by atoms with Crippen LogP contribution in [0.4, 0.5) is 0 Å². The molecule has 2 aliphatic heterocycles. The van der Waals surface area contributed by atoms with Gasteiger partial charge in [-0.2, -0.15) is 0 Å². The van der Waals surface area contributed by atoms with Gasteiger partial charge < -0.3 is 16.0 Å². The molecule has 2 fully saturated rings. The summed E-state index contributed by atoms with van der Waals surface area (Å²) in [6.45, 7) is 3.16. The first-order chi connectivity index (χ1) is 12.1. The summed E-state index contributed by atoms with van der Waals surface area (Å²) in [6.07, 6.45) is 2.38. The number of unbranched alkanes of at least 4 members (excludes halogenated alkanes) is 1. The number of carbonyl (C=O) groups excluding carboxylic acids is 2. The molecule has 3 N–H and O–H groups in total. The van der Waals surface area contributed by atoms with E-state index in [0.717, 1.165) is 30.0 Å². The van der Waals surface area contributed by atoms with E-state index in [4.69, 9.17) is 17.3 Å². The number of piperazine rings is 2. The Kier molecular flexibility index (Phi) is 5.93. The highest BCUT2D eigenvalue weighted by Crippen LogP contribution is 2.22. The summed E-state index contributed by atoms with van der Waals surface area (Å²) in [5.41, 5.74) is 6.55. The second kappa shape index (κ2) is 8.17. The van der Waals surface area contributed by atoms with Crippen LogP contribution in [-0.2, 0) is 16.1 Å². The van der Waals surface area contributed by atoms with Crippen LogP contribution >= 0.6 is 11.6 Å². The van der Waals surface area contributed by atoms with Crippen molar-refractivity contribution in [3.05, 3.63) is 34.9 Å². The van der Waals surface area contributed by atoms with Gasteiger partial charge in [0, 0.05) is 31.2 Å². The highest BCUT2D eigenvalue weighted by molar-refractivity contribution is 6.31. The number of nitrogens with zero attached hydrogens (tertiary/aromatic N) is 2. The van der Waals surface area contributed by atoms with E-state index < -0.39 is 12.1 Å². The Labute approximate surface area is 153 Å². The quantitative estimate of drug-likeness (QED) is 0.737. The zero-order valence-electron chi connectivity index (χ0n) is 14.3. The third-order valence-corrected chi connectivity index (χ3v) is 5.33. The van der Waals surface area contributed by atoms with E-state index in [9.17, 15) is 9.59 Å². The minimum absolute atomic E-state index is 0.0408. The molecule has 0 saturated carbocycles. The molecular weight excluding hydrogens is 340 g/mol. The van der Waals surface area contributed by atoms with E-state index in [1.54, 1.807) is 4.90 Å². The monoisotopic (exact) mass is 364 g/mol. The summed E-state index contributed by atoms with van der Waals surface area (Å²) in [7, 11) is 0. The van der Waals surface area contributed by atoms with Crippen molar-refractivity contribution in [1.29, 1.82) is 0 Å². The molecule has 2 aliphatic rings. The van der Waals surface area contributed by atoms with E-state index in [1.807, 2.05) is 24.3 Å². The van der Waals surface area contributed by atoms with Gasteiger partial charge in [0.1, 0.15) is 12.1 Å². The van der Waals surface area contributed by atoms with Crippen LogP contribution in [0, 0.1) is 0 Å². The lowest BCUT2D eigenvalue weighted by Gasteiger charge is -2.45. The maximum Gasteiger partial charge on any atom is 0.245 e. The SMILES string of the molecule is NCCCC[C@@H]1NC(=O)[C@H]2CN(Cc3ccccc3Cl)CCN2C1=O. The molecule has 3 rings (SSSR count). The Bertz CT molecular complexity index is 639. The van der Waals surface area contributed by atoms with Crippen LogP contribution in [0.2, 0.25) is 5.02 Å². The summed E-state index contributed by atoms with van der Waals surface area (Å²) in [4.78, 5) is 29.1. The van der Waals surface area contributed by atoms with E-state index >= 15 is 0 Å². The van der Waals surface area contributed by atoms with Gasteiger partial charge in [0.15, 0.2) is 0 Å². The maximum absolute atomic E-state index is 12.7. The van der Waals surface area contributed by atoms with Crippen molar-refractivity contribution in [2.75, 3.05) is 26.2 Å². The lowest BCUT2D eigenvalue weighted by molar-refractivity contribution is -0.153. The average Bonchev–Trinajstić information content (AvgIpc) is 2.61. The van der Waals surface area contributed by atoms with Crippen LogP contribution in [0.3, 0.4) is 0 Å². The van der Waals surface area contributed by atoms with Gasteiger partial charge in [0.05, 0.1) is 0 Å². The van der Waals surface area contributed by atoms with Gasteiger partial charge in [0.25, 0.3) is 0 Å². The van der Waals surface area contributed by atoms with Gasteiger partial charge >= 0.3 is 0 Å². The average molecular weight is 365 g/mol. The number of benzene rings is 1. The normalized spacial score (nSPS) is 24.2. The summed E-state index contributed by atoms with van der Waals surface area (Å²) in [6, 6.07) is 6.92. The van der Waals surface area contributed by atoms with Gasteiger partial charge in [-0.3, -0.25) is 14.5 Å². The lowest BCUT2D eigenvalue weighted by Crippen LogP contribution is -2.69. The number of nitrogens with one attached hydrogen (secondary N) is 1. The van der Waals surface area contributed by atoms with Crippen LogP contribution in [0.25, 0.3) is 0 Å². The number of rotatable bonds is 6. The zero-order valence-corrected chi connectivity index (χ0v) is 15.0. The van der Waals surface area contributed by atoms with Crippen LogP contribution < -0.4 is 11.1 Å². The van der Waals surface area contributed by atoms with Crippen molar-refractivity contribution < 1.29 is 9.59 Å². The standard InChI is InChI=1S/C18H25ClN4O2/c19-14-6-2-1-5-13(14)11-22-9-10-23-16(12-22)17(24)21-15(18(23)25)7-3-4-8-20/h1-2,5-6,15-16H,3-4,7-12,20H2,(H,21,24)/t15-,16+/m0/s1. The maximum atomic E-state index is 12.7. The molecule has 0 aromatic heterocycles. The Morgan fingerprint density at radius 2 is 2.00 bits per heavy atom. The second-order valence-corrected chi connectivity index (χ2v) is 7.13. The number of hydrogen-bond acceptors (Lipinski definition) is 4. The third-order valence-electron chi connectivity index (χ3n) is 4.96. The number of hydrogen-bond donors (Lipinski definition) is 2. The summed E-state index contributed by atoms with van der Waals surface area (Å²) < 4.78 is 0. The molecule has 25 heavy (non-hydrogen) atoms. The molecule has 0 aliphatic carbocycles. The van der Waals surface area contributed by atoms with E-state index in [-0.39, 0.29) is 11.8 Å². The predicted molar refractivity (Wildman–Crippen MR) is 97.1 cm³/mol. The van der Waals surface area contributed by atoms with Gasteiger partial charge in [-0.15, -0.1) is 0 Å². The molecule has 0 radical (unpaired) electrons. The molecule has 2 amide bonds. The summed E-state index contributed by atoms with van der Waals surface area (Å²) in [5, 5.41) is 3.63. The minimum Gasteiger partial charge on any atom is -0.342 e. The molecule has 0 unspecified atom stereocenters. The van der Waals surface area contributed by atoms with Crippen LogP contribution in [-0.4, -0.2) is 59.9 Å². The van der Waals surface area contributed by atoms with Crippen LogP contribution in [0.1, 0.15) is 24.8 Å². The first kappa shape index (κ1) is 18.2. The highest BCUT2D eigenvalue weighted by Gasteiger charge is 2.42. The molecule has 6 nitrogen and oxygen atoms in total. The van der Waals surface area contributed by atoms with Gasteiger partial charge in [-0.1, -0.05) is 29.8 Å². The largest absolute Gasteiger partial charge is 0.342 e. The zero-order chi connectivity index (χ0) is 17.8. The molecule has 2 atom stereocenters. The van der Waals surface area contributed by atoms with E-state index in [1.165, 1.54) is 0 Å². The van der Waals surface area contributed by atoms with Crippen molar-refractivity contribution in [1.82, 2.24) is 15.1 Å². The van der Waals surface area contributed by atoms with Gasteiger partial charge in [0.2, 0.25) is 11.8 Å². The van der Waals surface area contributed by atoms with E-state index in [0.29, 0.717) is 32.6 Å². The molecule has 0 spiro atoms. The molecular formula is C18H25ClN4O2. The Balaban J connectivity index is 1.62. The topological polar surface area (TPSA) is 78.7 Å². The first-order valence-corrected chi connectivity index (χ1v) is 9.24. The Hall–Kier alpha value is -1.63. The Morgan fingerprint density at radius 3 is 2.76 bits per heavy atom. The van der Waals surface area contributed by atoms with Gasteiger partial charge in [-0.05, 0) is 37.4 Å². The highest BCUT2D eigenvalue weighted by atomic mass is 35.5. The van der Waals surface area contributed by atoms with Crippen molar-refractivity contribution >= 4 is 23.4 Å². The molecule has 7 heteroatoms. The minimum atomic E-state index is -0.408. The molecule has 136 valence electrons. The van der Waals surface area contributed by atoms with Crippen LogP contribution in [0.15, 0.2) is 24.3 Å². The van der Waals surface area contributed by atoms with Crippen molar-refractivity contribution in [3.63, 3.8) is 0 Å². The molecule has 0 bridgehead atoms. The van der Waals surface area contributed by atoms with Gasteiger partial charge in [-0.25, -0.2) is 0 Å². The number of carbonyl (C=O) groups is 2. The number of fused-ring (bicyclic) bond motifs is 1. The van der Waals surface area contributed by atoms with Crippen molar-refractivity contribution in [2.24, 2.45) is 5.73 Å². The van der Waals surface area contributed by atoms with E-state index in [2.05, 4.69) is 10.2 Å². The predicted octanol–water partition coefficient (Wildman–Crippen LogP) is 0.980. The number of nitrogens with two attached hydrogens (primary N) is 1.